The summed E-state index contributed by atoms with van der Waals surface area (Å²) in [6.07, 6.45) is 1.47. The van der Waals surface area contributed by atoms with Gasteiger partial charge in [-0.2, -0.15) is 0 Å². The fraction of sp³-hybridized carbons (Fsp3) is 0.0588. The standard InChI is InChI=1S/C17H14O4/c18-15(11-16(19)17(20)21)14-8-6-13(7-9-14)10-12-4-2-1-3-5-12/h1-9,11,18H,10H2,(H,20,21). The van der Waals surface area contributed by atoms with Gasteiger partial charge in [-0.05, 0) is 17.5 Å². The summed E-state index contributed by atoms with van der Waals surface area (Å²) >= 11 is 0. The zero-order valence-corrected chi connectivity index (χ0v) is 11.2. The number of benzene rings is 2. The van der Waals surface area contributed by atoms with E-state index in [1.165, 1.54) is 5.56 Å². The predicted molar refractivity (Wildman–Crippen MR) is 78.9 cm³/mol. The second-order valence-electron chi connectivity index (χ2n) is 4.56. The third-order valence-electron chi connectivity index (χ3n) is 2.98. The van der Waals surface area contributed by atoms with E-state index in [4.69, 9.17) is 5.11 Å². The number of hydrogen-bond acceptors (Lipinski definition) is 3. The van der Waals surface area contributed by atoms with Crippen LogP contribution in [0.4, 0.5) is 0 Å². The molecule has 0 aliphatic heterocycles. The molecule has 106 valence electrons. The van der Waals surface area contributed by atoms with Crippen molar-refractivity contribution < 1.29 is 19.8 Å². The van der Waals surface area contributed by atoms with Crippen LogP contribution in [0.25, 0.3) is 5.76 Å². The SMILES string of the molecule is O=C(O)C(=O)C=C(O)c1ccc(Cc2ccccc2)cc1. The van der Waals surface area contributed by atoms with Gasteiger partial charge in [0.05, 0.1) is 0 Å². The van der Waals surface area contributed by atoms with Gasteiger partial charge in [-0.3, -0.25) is 4.79 Å². The smallest absolute Gasteiger partial charge is 0.376 e. The first-order valence-corrected chi connectivity index (χ1v) is 6.37. The largest absolute Gasteiger partial charge is 0.507 e. The lowest BCUT2D eigenvalue weighted by Gasteiger charge is -2.04. The molecule has 0 saturated carbocycles. The fourth-order valence-corrected chi connectivity index (χ4v) is 1.89. The molecule has 2 N–H and O–H groups in total. The van der Waals surface area contributed by atoms with E-state index in [1.807, 2.05) is 42.5 Å². The van der Waals surface area contributed by atoms with Gasteiger partial charge in [-0.25, -0.2) is 4.79 Å². The average molecular weight is 282 g/mol. The first-order valence-electron chi connectivity index (χ1n) is 6.37. The van der Waals surface area contributed by atoms with Gasteiger partial charge in [0, 0.05) is 11.6 Å². The van der Waals surface area contributed by atoms with Crippen molar-refractivity contribution in [3.63, 3.8) is 0 Å². The highest BCUT2D eigenvalue weighted by Crippen LogP contribution is 2.15. The van der Waals surface area contributed by atoms with Crippen LogP contribution in [0.2, 0.25) is 0 Å². The van der Waals surface area contributed by atoms with Crippen molar-refractivity contribution in [3.8, 4) is 0 Å². The summed E-state index contributed by atoms with van der Waals surface area (Å²) in [4.78, 5) is 21.4. The lowest BCUT2D eigenvalue weighted by Crippen LogP contribution is -2.09. The molecule has 0 atom stereocenters. The number of rotatable bonds is 5. The normalized spacial score (nSPS) is 11.1. The molecule has 0 heterocycles. The van der Waals surface area contributed by atoms with Crippen LogP contribution >= 0.6 is 0 Å². The number of aliphatic hydroxyl groups is 1. The summed E-state index contributed by atoms with van der Waals surface area (Å²) in [7, 11) is 0. The van der Waals surface area contributed by atoms with Crippen molar-refractivity contribution in [1.82, 2.24) is 0 Å². The second kappa shape index (κ2) is 6.52. The number of carboxylic acids is 1. The van der Waals surface area contributed by atoms with Crippen LogP contribution in [-0.4, -0.2) is 22.0 Å². The quantitative estimate of drug-likeness (QED) is 0.502. The van der Waals surface area contributed by atoms with Crippen molar-refractivity contribution in [3.05, 3.63) is 77.4 Å². The summed E-state index contributed by atoms with van der Waals surface area (Å²) in [5.41, 5.74) is 2.63. The topological polar surface area (TPSA) is 74.6 Å². The Kier molecular flexibility index (Phi) is 4.51. The van der Waals surface area contributed by atoms with Gasteiger partial charge in [0.1, 0.15) is 5.76 Å². The lowest BCUT2D eigenvalue weighted by atomic mass is 10.0. The zero-order valence-electron chi connectivity index (χ0n) is 11.2. The summed E-state index contributed by atoms with van der Waals surface area (Å²) in [6, 6.07) is 16.9. The summed E-state index contributed by atoms with van der Waals surface area (Å²) in [5, 5.41) is 18.2. The van der Waals surface area contributed by atoms with Crippen LogP contribution in [0.3, 0.4) is 0 Å². The molecule has 0 radical (unpaired) electrons. The number of carbonyl (C=O) groups excluding carboxylic acids is 1. The Labute approximate surface area is 122 Å². The predicted octanol–water partition coefficient (Wildman–Crippen LogP) is 2.83. The maximum absolute atomic E-state index is 11.0. The van der Waals surface area contributed by atoms with Crippen LogP contribution < -0.4 is 0 Å². The molecule has 2 aromatic carbocycles. The Morgan fingerprint density at radius 1 is 0.857 bits per heavy atom. The van der Waals surface area contributed by atoms with Crippen molar-refractivity contribution in [2.45, 2.75) is 6.42 Å². The van der Waals surface area contributed by atoms with Gasteiger partial charge in [0.15, 0.2) is 0 Å². The van der Waals surface area contributed by atoms with E-state index >= 15 is 0 Å². The van der Waals surface area contributed by atoms with Crippen molar-refractivity contribution in [2.24, 2.45) is 0 Å². The minimum atomic E-state index is -1.60. The maximum Gasteiger partial charge on any atom is 0.376 e. The zero-order chi connectivity index (χ0) is 15.2. The van der Waals surface area contributed by atoms with Crippen LogP contribution in [0.1, 0.15) is 16.7 Å². The third-order valence-corrected chi connectivity index (χ3v) is 2.98. The molecule has 2 rings (SSSR count). The molecule has 0 saturated heterocycles. The molecule has 0 spiro atoms. The molecular formula is C17H14O4. The van der Waals surface area contributed by atoms with Crippen LogP contribution in [0.15, 0.2) is 60.7 Å². The van der Waals surface area contributed by atoms with Crippen LogP contribution in [0, 0.1) is 0 Å². The number of hydrogen-bond donors (Lipinski definition) is 2. The minimum Gasteiger partial charge on any atom is -0.507 e. The number of ketones is 1. The molecular weight excluding hydrogens is 268 g/mol. The third kappa shape index (κ3) is 4.04. The highest BCUT2D eigenvalue weighted by Gasteiger charge is 2.10. The van der Waals surface area contributed by atoms with E-state index in [2.05, 4.69) is 0 Å². The number of carbonyl (C=O) groups is 2. The van der Waals surface area contributed by atoms with E-state index in [1.54, 1.807) is 12.1 Å². The Morgan fingerprint density at radius 2 is 1.43 bits per heavy atom. The average Bonchev–Trinajstić information content (AvgIpc) is 2.48. The summed E-state index contributed by atoms with van der Waals surface area (Å²) < 4.78 is 0. The first-order chi connectivity index (χ1) is 10.1. The van der Waals surface area contributed by atoms with Gasteiger partial charge < -0.3 is 10.2 Å². The highest BCUT2D eigenvalue weighted by atomic mass is 16.4. The molecule has 4 nitrogen and oxygen atoms in total. The highest BCUT2D eigenvalue weighted by molar-refractivity contribution is 6.38. The summed E-state index contributed by atoms with van der Waals surface area (Å²) in [5.74, 6) is -3.10. The molecule has 0 bridgehead atoms. The molecule has 0 aliphatic rings. The summed E-state index contributed by atoms with van der Waals surface area (Å²) in [6.45, 7) is 0. The Hall–Kier alpha value is -2.88. The van der Waals surface area contributed by atoms with E-state index in [9.17, 15) is 14.7 Å². The number of aliphatic hydroxyl groups excluding tert-OH is 1. The monoisotopic (exact) mass is 282 g/mol. The first kappa shape index (κ1) is 14.5. The number of aliphatic carboxylic acids is 1. The Bertz CT molecular complexity index is 670. The maximum atomic E-state index is 11.0. The van der Waals surface area contributed by atoms with Gasteiger partial charge in [-0.15, -0.1) is 0 Å². The van der Waals surface area contributed by atoms with E-state index in [-0.39, 0.29) is 5.76 Å². The molecule has 0 fully saturated rings. The van der Waals surface area contributed by atoms with Gasteiger partial charge >= 0.3 is 5.97 Å². The molecule has 0 amide bonds. The van der Waals surface area contributed by atoms with Crippen molar-refractivity contribution in [2.75, 3.05) is 0 Å². The van der Waals surface area contributed by atoms with Gasteiger partial charge in [0.25, 0.3) is 5.78 Å². The number of carboxylic acid groups (broad SMARTS) is 1. The minimum absolute atomic E-state index is 0.353. The molecule has 0 aromatic heterocycles. The molecule has 4 heteroatoms. The van der Waals surface area contributed by atoms with Crippen LogP contribution in [-0.2, 0) is 16.0 Å². The Morgan fingerprint density at radius 3 is 2.00 bits per heavy atom. The molecule has 0 unspecified atom stereocenters. The second-order valence-corrected chi connectivity index (χ2v) is 4.56. The van der Waals surface area contributed by atoms with Gasteiger partial charge in [-0.1, -0.05) is 54.6 Å². The Balaban J connectivity index is 2.12. The lowest BCUT2D eigenvalue weighted by molar-refractivity contribution is -0.146. The van der Waals surface area contributed by atoms with Gasteiger partial charge in [0.2, 0.25) is 0 Å². The molecule has 21 heavy (non-hydrogen) atoms. The fourth-order valence-electron chi connectivity index (χ4n) is 1.89. The van der Waals surface area contributed by atoms with Crippen molar-refractivity contribution in [1.29, 1.82) is 0 Å². The van der Waals surface area contributed by atoms with Crippen LogP contribution in [0.5, 0.6) is 0 Å². The molecule has 0 aliphatic carbocycles. The molecule has 2 aromatic rings. The van der Waals surface area contributed by atoms with E-state index < -0.39 is 11.8 Å². The van der Waals surface area contributed by atoms with E-state index in [0.29, 0.717) is 11.6 Å². The van der Waals surface area contributed by atoms with Crippen molar-refractivity contribution >= 4 is 17.5 Å². The van der Waals surface area contributed by atoms with E-state index in [0.717, 1.165) is 12.0 Å².